The van der Waals surface area contributed by atoms with E-state index in [9.17, 15) is 41.1 Å². The van der Waals surface area contributed by atoms with E-state index in [0.29, 0.717) is 17.7 Å². The maximum Gasteiger partial charge on any atom is 0.416 e. The summed E-state index contributed by atoms with van der Waals surface area (Å²) in [6, 6.07) is 5.92. The predicted molar refractivity (Wildman–Crippen MR) is 198 cm³/mol. The van der Waals surface area contributed by atoms with E-state index in [1.807, 2.05) is 0 Å². The highest BCUT2D eigenvalue weighted by Crippen LogP contribution is 2.39. The molecule has 0 aliphatic heterocycles. The van der Waals surface area contributed by atoms with Crippen LogP contribution in [0.3, 0.4) is 0 Å². The Labute approximate surface area is 337 Å². The summed E-state index contributed by atoms with van der Waals surface area (Å²) in [5, 5.41) is 27.3. The molecule has 0 amide bonds. The lowest BCUT2D eigenvalue weighted by atomic mass is 10.2. The maximum atomic E-state index is 12.7. The zero-order valence-electron chi connectivity index (χ0n) is 28.7. The number of nitrogens with two attached hydrogens (primary N) is 1. The van der Waals surface area contributed by atoms with Crippen LogP contribution in [0.2, 0.25) is 20.1 Å². The maximum absolute atomic E-state index is 12.7. The van der Waals surface area contributed by atoms with E-state index >= 15 is 0 Å². The lowest BCUT2D eigenvalue weighted by molar-refractivity contribution is -0.383. The minimum atomic E-state index is -4.63. The second-order valence-electron chi connectivity index (χ2n) is 10.6. The number of alkyl halides is 3. The first-order valence-corrected chi connectivity index (χ1v) is 19.4. The van der Waals surface area contributed by atoms with Crippen LogP contribution < -0.4 is 25.2 Å². The molecule has 5 rings (SSSR count). The van der Waals surface area contributed by atoms with Crippen molar-refractivity contribution in [3.05, 3.63) is 77.9 Å². The Morgan fingerprint density at radius 2 is 1.68 bits per heavy atom. The summed E-state index contributed by atoms with van der Waals surface area (Å²) >= 11 is 23.7. The Morgan fingerprint density at radius 3 is 2.18 bits per heavy atom. The fraction of sp³-hybridized carbons (Fsp3) is 0.222. The van der Waals surface area contributed by atoms with Crippen LogP contribution >= 0.6 is 54.0 Å². The number of nitro groups is 1. The number of ether oxygens (including phenoxy) is 2. The SMILES string of the molecule is COc1cc(OC)n2nc(S(=O)(=O)Nc3c(Cl)ccc(C)c3Cl)nc2n1.Nc1c([N+](=O)[O-])cnn1-c1c(Cl)cc(C(F)(F)F)cc1Cl.O=C(O)CNCP(=O)(O)O. The molecule has 0 saturated heterocycles. The molecule has 2 aromatic carbocycles. The van der Waals surface area contributed by atoms with Gasteiger partial charge in [-0.3, -0.25) is 29.5 Å². The van der Waals surface area contributed by atoms with Gasteiger partial charge in [0.1, 0.15) is 11.9 Å². The highest BCUT2D eigenvalue weighted by atomic mass is 35.5. The highest BCUT2D eigenvalue weighted by molar-refractivity contribution is 7.92. The van der Waals surface area contributed by atoms with Crippen LogP contribution in [0.1, 0.15) is 11.1 Å². The fourth-order valence-corrected chi connectivity index (χ4v) is 6.60. The molecule has 0 aliphatic rings. The number of methoxy groups -OCH3 is 2. The molecule has 30 heteroatoms. The normalized spacial score (nSPS) is 11.6. The highest BCUT2D eigenvalue weighted by Gasteiger charge is 2.33. The Hall–Kier alpha value is -4.72. The molecular formula is C27H26Cl4F3N10O11PS. The van der Waals surface area contributed by atoms with Crippen molar-refractivity contribution in [1.82, 2.24) is 34.7 Å². The van der Waals surface area contributed by atoms with Crippen molar-refractivity contribution in [3.8, 4) is 17.4 Å². The number of sulfonamides is 1. The lowest BCUT2D eigenvalue weighted by Crippen LogP contribution is -2.23. The Morgan fingerprint density at radius 1 is 1.07 bits per heavy atom. The number of carboxylic acid groups (broad SMARTS) is 1. The third-order valence-corrected chi connectivity index (χ3v) is 9.69. The fourth-order valence-electron chi connectivity index (χ4n) is 4.01. The van der Waals surface area contributed by atoms with Crippen LogP contribution in [0.25, 0.3) is 11.5 Å². The van der Waals surface area contributed by atoms with Crippen molar-refractivity contribution in [1.29, 1.82) is 0 Å². The number of hydrogen-bond acceptors (Lipinski definition) is 14. The van der Waals surface area contributed by atoms with E-state index in [-0.39, 0.29) is 49.0 Å². The smallest absolute Gasteiger partial charge is 0.416 e. The molecule has 57 heavy (non-hydrogen) atoms. The average molecular weight is 928 g/mol. The number of rotatable bonds is 11. The number of fused-ring (bicyclic) bond motifs is 1. The van der Waals surface area contributed by atoms with Crippen molar-refractivity contribution in [3.63, 3.8) is 0 Å². The number of hydrogen-bond donors (Lipinski definition) is 6. The van der Waals surface area contributed by atoms with Crippen LogP contribution in [0.5, 0.6) is 11.8 Å². The predicted octanol–water partition coefficient (Wildman–Crippen LogP) is 5.04. The van der Waals surface area contributed by atoms with Gasteiger partial charge in [0.25, 0.3) is 21.0 Å². The van der Waals surface area contributed by atoms with Gasteiger partial charge < -0.3 is 30.1 Å². The molecule has 0 radical (unpaired) electrons. The van der Waals surface area contributed by atoms with E-state index in [0.717, 1.165) is 15.4 Å². The Bertz CT molecular complexity index is 2450. The summed E-state index contributed by atoms with van der Waals surface area (Å²) in [4.78, 5) is 44.0. The quantitative estimate of drug-likeness (QED) is 0.0574. The second kappa shape index (κ2) is 18.7. The third kappa shape index (κ3) is 12.1. The van der Waals surface area contributed by atoms with Crippen LogP contribution in [0, 0.1) is 17.0 Å². The van der Waals surface area contributed by atoms with E-state index in [4.69, 9.17) is 76.5 Å². The molecule has 0 fully saturated rings. The number of carboxylic acids is 1. The molecule has 310 valence electrons. The molecular weight excluding hydrogens is 902 g/mol. The second-order valence-corrected chi connectivity index (χ2v) is 15.4. The monoisotopic (exact) mass is 926 g/mol. The summed E-state index contributed by atoms with van der Waals surface area (Å²) in [5.74, 6) is -1.16. The molecule has 3 heterocycles. The van der Waals surface area contributed by atoms with Gasteiger partial charge in [-0.1, -0.05) is 52.5 Å². The molecule has 21 nitrogen and oxygen atoms in total. The molecule has 0 atom stereocenters. The number of carbonyl (C=O) groups is 1. The van der Waals surface area contributed by atoms with Gasteiger partial charge in [-0.25, -0.2) is 4.68 Å². The number of aryl methyl sites for hydroxylation is 1. The molecule has 0 saturated carbocycles. The average Bonchev–Trinajstić information content (AvgIpc) is 3.71. The van der Waals surface area contributed by atoms with Crippen LogP contribution in [0.4, 0.5) is 30.4 Å². The van der Waals surface area contributed by atoms with Gasteiger partial charge in [0, 0.05) is 0 Å². The number of anilines is 2. The molecule has 3 aromatic heterocycles. The van der Waals surface area contributed by atoms with E-state index in [2.05, 4.69) is 30.2 Å². The minimum Gasteiger partial charge on any atom is -0.481 e. The zero-order chi connectivity index (χ0) is 43.2. The van der Waals surface area contributed by atoms with Crippen LogP contribution in [0.15, 0.2) is 41.7 Å². The van der Waals surface area contributed by atoms with Crippen molar-refractivity contribution < 1.29 is 60.2 Å². The third-order valence-electron chi connectivity index (χ3n) is 6.55. The van der Waals surface area contributed by atoms with Crippen molar-refractivity contribution >= 4 is 93.0 Å². The van der Waals surface area contributed by atoms with Crippen molar-refractivity contribution in [2.45, 2.75) is 18.3 Å². The molecule has 0 unspecified atom stereocenters. The van der Waals surface area contributed by atoms with Crippen LogP contribution in [-0.4, -0.2) is 90.6 Å². The first-order chi connectivity index (χ1) is 26.3. The number of nitrogen functional groups attached to an aromatic ring is 1. The molecule has 0 spiro atoms. The van der Waals surface area contributed by atoms with E-state index < -0.39 is 69.7 Å². The van der Waals surface area contributed by atoms with Gasteiger partial charge in [0.2, 0.25) is 17.6 Å². The lowest BCUT2D eigenvalue weighted by Gasteiger charge is -2.12. The van der Waals surface area contributed by atoms with Crippen molar-refractivity contribution in [2.24, 2.45) is 0 Å². The van der Waals surface area contributed by atoms with Gasteiger partial charge in [0.05, 0.1) is 69.4 Å². The summed E-state index contributed by atoms with van der Waals surface area (Å²) in [6.07, 6.45) is -4.38. The van der Waals surface area contributed by atoms with Gasteiger partial charge in [-0.05, 0) is 30.7 Å². The van der Waals surface area contributed by atoms with Gasteiger partial charge in [0.15, 0.2) is 0 Å². The Balaban J connectivity index is 0.000000252. The van der Waals surface area contributed by atoms with Crippen molar-refractivity contribution in [2.75, 3.05) is 37.5 Å². The molecule has 7 N–H and O–H groups in total. The summed E-state index contributed by atoms with van der Waals surface area (Å²) in [5.41, 5.74) is 4.48. The zero-order valence-corrected chi connectivity index (χ0v) is 33.4. The summed E-state index contributed by atoms with van der Waals surface area (Å²) in [6.45, 7) is 1.28. The number of halogens is 7. The first-order valence-electron chi connectivity index (χ1n) is 14.7. The molecule has 0 bridgehead atoms. The first kappa shape index (κ1) is 46.7. The van der Waals surface area contributed by atoms with Gasteiger partial charge in [-0.15, -0.1) is 5.10 Å². The standard InChI is InChI=1S/C14H13Cl2N5O4S.C10H5Cl2F3N4O2.C3H8NO5P/c1-7-4-5-8(15)12(11(7)16)20-26(22,23)14-18-13-17-9(24-2)6-10(25-3)21(13)19-14;11-5-1-4(10(13,14)15)2-6(12)8(5)18-9(16)7(3-17-18)19(20)21;5-3(6)1-4-2-10(7,8)9/h4-6,20H,1-3H3;1-3H,16H2;4H,1-2H2,(H,5,6)(H2,7,8,9). The molecule has 5 aromatic rings. The van der Waals surface area contributed by atoms with Gasteiger partial charge in [-0.2, -0.15) is 41.2 Å². The topological polar surface area (TPSA) is 302 Å². The van der Waals surface area contributed by atoms with E-state index in [1.54, 1.807) is 13.0 Å². The number of aliphatic carboxylic acids is 1. The summed E-state index contributed by atoms with van der Waals surface area (Å²) in [7, 11) is -5.47. The van der Waals surface area contributed by atoms with E-state index in [1.165, 1.54) is 26.4 Å². The largest absolute Gasteiger partial charge is 0.481 e. The van der Waals surface area contributed by atoms with Crippen LogP contribution in [-0.2, 0) is 25.6 Å². The van der Waals surface area contributed by atoms with Gasteiger partial charge >= 0.3 is 25.4 Å². The minimum absolute atomic E-state index is 0.0111. The summed E-state index contributed by atoms with van der Waals surface area (Å²) < 4.78 is 87.7. The number of benzene rings is 2. The molecule has 0 aliphatic carbocycles. The Kier molecular flexibility index (Phi) is 15.3. The number of aromatic nitrogens is 6. The number of nitrogens with zero attached hydrogens (tertiary/aromatic N) is 7. The number of nitrogens with one attached hydrogen (secondary N) is 2.